The number of likely N-dealkylation sites (N-methyl/N-ethyl adjacent to an activating group) is 2. The Hall–Kier alpha value is -6.85. The number of anilines is 2. The minimum absolute atomic E-state index is 0.0120. The number of benzene rings is 3. The molecule has 426 valence electrons. The molecule has 5 aromatic rings. The predicted octanol–water partition coefficient (Wildman–Crippen LogP) is 4.74. The molecule has 1 unspecified atom stereocenters. The lowest BCUT2D eigenvalue weighted by Gasteiger charge is -2.43. The van der Waals surface area contributed by atoms with Gasteiger partial charge in [-0.2, -0.15) is 4.31 Å². The van der Waals surface area contributed by atoms with Gasteiger partial charge in [0, 0.05) is 98.3 Å². The third kappa shape index (κ3) is 11.5. The normalized spacial score (nSPS) is 20.5. The monoisotopic (exact) mass is 1140 g/mol. The van der Waals surface area contributed by atoms with Crippen LogP contribution in [0.4, 0.5) is 16.3 Å². The van der Waals surface area contributed by atoms with E-state index in [0.29, 0.717) is 23.5 Å². The Balaban J connectivity index is 0.870. The number of nitrogens with one attached hydrogen (secondary N) is 2. The number of allylic oxidation sites excluding steroid dienone is 2. The minimum atomic E-state index is -5.49. The van der Waals surface area contributed by atoms with Gasteiger partial charge in [0.15, 0.2) is 29.3 Å². The number of hydrogen-bond acceptors (Lipinski definition) is 16. The molecular formula is C54H67N10O14P2+. The molecule has 9 rings (SSSR count). The number of carbonyl (C=O) groups is 3. The molecular weight excluding hydrogens is 1070 g/mol. The number of nitrogen functional groups attached to an aromatic ring is 1. The zero-order valence-electron chi connectivity index (χ0n) is 45.9. The van der Waals surface area contributed by atoms with E-state index < -0.39 is 52.9 Å². The molecule has 1 saturated heterocycles. The van der Waals surface area contributed by atoms with Gasteiger partial charge >= 0.3 is 21.7 Å². The van der Waals surface area contributed by atoms with E-state index in [1.807, 2.05) is 24.3 Å². The standard InChI is InChI=1S/C54H66N10O14P2/c1-10-63-38-23-40-36(21-34(38)30(3)25-53(63,5)6)44(37-22-35-31(4)26-54(7,8)64(11-2)39(35)24-41(37)75-40)32-15-12-13-16-33(32)50(67)61(9)20-14-17-43(65)56-18-19-57-52(68)77-47-42(27-74-80(72,73)78-79(69,70)71)76-51(46(47)66)62-29-60-45-48(55)58-28-59-49(45)62/h12-13,15-16,21-26,28-29,42,46-47,51,66H,10-11,14,17-20,27H2,1-9H3,(H6-,55,56,57,58,59,65,68,69,70,71,72,73)/p+1/t42-,46-,47-,51-/m1/s1. The van der Waals surface area contributed by atoms with Crippen molar-refractivity contribution in [3.8, 4) is 11.5 Å². The Morgan fingerprint density at radius 3 is 2.36 bits per heavy atom. The Kier molecular flexibility index (Phi) is 16.1. The van der Waals surface area contributed by atoms with Crippen molar-refractivity contribution in [2.45, 2.75) is 104 Å². The molecule has 24 nitrogen and oxygen atoms in total. The number of carbonyl (C=O) groups excluding carboxylic acids is 3. The Morgan fingerprint density at radius 2 is 1.64 bits per heavy atom. The van der Waals surface area contributed by atoms with Crippen LogP contribution in [0.2, 0.25) is 0 Å². The molecule has 0 spiro atoms. The number of rotatable bonds is 18. The number of phosphoric acid groups is 2. The molecule has 26 heteroatoms. The summed E-state index contributed by atoms with van der Waals surface area (Å²) in [5, 5.41) is 18.5. The number of phosphoric ester groups is 1. The summed E-state index contributed by atoms with van der Waals surface area (Å²) in [5.41, 5.74) is 14.2. The van der Waals surface area contributed by atoms with Crippen LogP contribution in [0, 0.1) is 0 Å². The summed E-state index contributed by atoms with van der Waals surface area (Å²) in [7, 11) is -9.18. The van der Waals surface area contributed by atoms with Crippen LogP contribution >= 0.6 is 15.6 Å². The Bertz CT molecular complexity index is 3610. The van der Waals surface area contributed by atoms with E-state index in [1.165, 1.54) is 10.9 Å². The van der Waals surface area contributed by atoms with Gasteiger partial charge in [-0.1, -0.05) is 24.3 Å². The van der Waals surface area contributed by atoms with Crippen LogP contribution in [-0.2, 0) is 32.2 Å². The van der Waals surface area contributed by atoms with Crippen LogP contribution in [-0.4, -0.2) is 138 Å². The number of imidazole rings is 1. The second kappa shape index (κ2) is 22.2. The SMILES string of the molecule is CCN1c2cc3c(cc2C(C)=CC1(C)C)C(c1ccccc1C(=O)N(C)CCCC(=O)NCCNC(=O)O[C@H]1[C@@H](O)[C@H](n2cnc4c(N)ncnc42)O[C@@H]1COP(=O)(O)OP(=O)(O)O)=c1cc2c(cc1O3)=[N+](CC)C(C)(C)C=C2C. The summed E-state index contributed by atoms with van der Waals surface area (Å²) in [5.74, 6) is 0.811. The van der Waals surface area contributed by atoms with E-state index in [9.17, 15) is 33.5 Å². The van der Waals surface area contributed by atoms with Crippen molar-refractivity contribution >= 4 is 72.9 Å². The highest BCUT2D eigenvalue weighted by atomic mass is 31.3. The third-order valence-corrected chi connectivity index (χ3v) is 16.9. The van der Waals surface area contributed by atoms with Crippen LogP contribution in [0.5, 0.6) is 11.5 Å². The molecule has 6 heterocycles. The van der Waals surface area contributed by atoms with E-state index >= 15 is 0 Å². The molecule has 8 N–H and O–H groups in total. The summed E-state index contributed by atoms with van der Waals surface area (Å²) >= 11 is 0. The van der Waals surface area contributed by atoms with E-state index in [-0.39, 0.29) is 65.9 Å². The van der Waals surface area contributed by atoms with Crippen molar-refractivity contribution in [3.05, 3.63) is 112 Å². The minimum Gasteiger partial charge on any atom is -0.456 e. The van der Waals surface area contributed by atoms with Gasteiger partial charge in [-0.3, -0.25) is 18.7 Å². The summed E-state index contributed by atoms with van der Waals surface area (Å²) in [6.07, 6.45) is -0.0405. The number of fused-ring (bicyclic) bond motifs is 5. The average molecular weight is 1140 g/mol. The van der Waals surface area contributed by atoms with Crippen molar-refractivity contribution in [3.63, 3.8) is 0 Å². The van der Waals surface area contributed by atoms with E-state index in [2.05, 4.69) is 131 Å². The maximum absolute atomic E-state index is 14.7. The molecule has 3 amide bonds. The fourth-order valence-electron chi connectivity index (χ4n) is 11.4. The highest BCUT2D eigenvalue weighted by molar-refractivity contribution is 7.60. The van der Waals surface area contributed by atoms with Crippen molar-refractivity contribution in [2.75, 3.05) is 57.0 Å². The van der Waals surface area contributed by atoms with Gasteiger partial charge < -0.3 is 60.2 Å². The van der Waals surface area contributed by atoms with Gasteiger partial charge in [0.25, 0.3) is 5.91 Å². The van der Waals surface area contributed by atoms with E-state index in [1.54, 1.807) is 11.9 Å². The summed E-state index contributed by atoms with van der Waals surface area (Å²) < 4.78 is 54.0. The first kappa shape index (κ1) is 57.8. The topological polar surface area (TPSA) is 316 Å². The summed E-state index contributed by atoms with van der Waals surface area (Å²) in [4.78, 5) is 85.0. The smallest absolute Gasteiger partial charge is 0.456 e. The fraction of sp³-hybridized carbons (Fsp3) is 0.426. The average Bonchev–Trinajstić information content (AvgIpc) is 3.99. The number of nitrogens with two attached hydrogens (primary N) is 1. The summed E-state index contributed by atoms with van der Waals surface area (Å²) in [6.45, 7) is 18.1. The second-order valence-electron chi connectivity index (χ2n) is 21.2. The van der Waals surface area contributed by atoms with Crippen LogP contribution in [0.15, 0.2) is 73.3 Å². The Morgan fingerprint density at radius 1 is 0.912 bits per heavy atom. The van der Waals surface area contributed by atoms with Crippen molar-refractivity contribution in [2.24, 2.45) is 0 Å². The lowest BCUT2D eigenvalue weighted by atomic mass is 9.83. The molecule has 80 heavy (non-hydrogen) atoms. The first-order valence-corrected chi connectivity index (χ1v) is 29.2. The molecule has 0 radical (unpaired) electrons. The van der Waals surface area contributed by atoms with Gasteiger partial charge in [-0.25, -0.2) is 33.5 Å². The first-order chi connectivity index (χ1) is 37.7. The predicted molar refractivity (Wildman–Crippen MR) is 297 cm³/mol. The summed E-state index contributed by atoms with van der Waals surface area (Å²) in [6, 6.07) is 16.3. The quantitative estimate of drug-likeness (QED) is 0.0347. The van der Waals surface area contributed by atoms with Crippen LogP contribution in [0.1, 0.15) is 107 Å². The molecule has 4 aliphatic rings. The maximum Gasteiger partial charge on any atom is 0.481 e. The van der Waals surface area contributed by atoms with E-state index in [0.717, 1.165) is 74.7 Å². The molecule has 3 aromatic carbocycles. The lowest BCUT2D eigenvalue weighted by Crippen LogP contribution is -2.49. The zero-order valence-corrected chi connectivity index (χ0v) is 47.7. The van der Waals surface area contributed by atoms with Crippen LogP contribution in [0.25, 0.3) is 27.9 Å². The highest BCUT2D eigenvalue weighted by Gasteiger charge is 2.49. The molecule has 0 aliphatic carbocycles. The molecule has 2 aromatic heterocycles. The maximum atomic E-state index is 14.7. The van der Waals surface area contributed by atoms with Crippen molar-refractivity contribution < 1.29 is 66.3 Å². The van der Waals surface area contributed by atoms with Crippen LogP contribution in [0.3, 0.4) is 0 Å². The number of aliphatic hydroxyl groups is 1. The van der Waals surface area contributed by atoms with Crippen molar-refractivity contribution in [1.82, 2.24) is 39.6 Å². The van der Waals surface area contributed by atoms with Gasteiger partial charge in [0.05, 0.1) is 24.5 Å². The van der Waals surface area contributed by atoms with Crippen LogP contribution < -0.4 is 41.2 Å². The molecule has 4 aliphatic heterocycles. The Labute approximate surface area is 461 Å². The number of aromatic nitrogens is 4. The van der Waals surface area contributed by atoms with E-state index in [4.69, 9.17) is 34.3 Å². The molecule has 1 fully saturated rings. The molecule has 0 saturated carbocycles. The van der Waals surface area contributed by atoms with Gasteiger partial charge in [0.1, 0.15) is 42.1 Å². The first-order valence-electron chi connectivity index (χ1n) is 26.2. The van der Waals surface area contributed by atoms with Crippen molar-refractivity contribution in [1.29, 1.82) is 0 Å². The fourth-order valence-corrected chi connectivity index (χ4v) is 13.0. The van der Waals surface area contributed by atoms with Gasteiger partial charge in [0.2, 0.25) is 11.3 Å². The number of alkyl carbamates (subject to hydrolysis) is 1. The number of aliphatic hydroxyl groups excluding tert-OH is 1. The van der Waals surface area contributed by atoms with Gasteiger partial charge in [-0.15, -0.1) is 0 Å². The zero-order chi connectivity index (χ0) is 57.8. The molecule has 5 atom stereocenters. The lowest BCUT2D eigenvalue weighted by molar-refractivity contribution is -0.121. The number of ether oxygens (including phenoxy) is 3. The largest absolute Gasteiger partial charge is 0.481 e. The second-order valence-corrected chi connectivity index (χ2v) is 24.0. The number of amides is 3. The highest BCUT2D eigenvalue weighted by Crippen LogP contribution is 2.58. The molecule has 0 bridgehead atoms. The van der Waals surface area contributed by atoms with Gasteiger partial charge in [-0.05, 0) is 88.9 Å². The third-order valence-electron chi connectivity index (χ3n) is 14.8. The number of hydrogen-bond donors (Lipinski definition) is 7. The number of nitrogens with zero attached hydrogens (tertiary/aromatic N) is 7.